The summed E-state index contributed by atoms with van der Waals surface area (Å²) in [5.74, 6) is -1.06. The lowest BCUT2D eigenvalue weighted by atomic mass is 10.2. The molecule has 2 aromatic carbocycles. The Bertz CT molecular complexity index is 963. The third-order valence-corrected chi connectivity index (χ3v) is 4.24. The first-order valence-electron chi connectivity index (χ1n) is 7.62. The van der Waals surface area contributed by atoms with E-state index in [4.69, 9.17) is 4.74 Å². The van der Waals surface area contributed by atoms with E-state index >= 15 is 0 Å². The molecular formula is C18H13F3N2O3S. The van der Waals surface area contributed by atoms with E-state index in [0.717, 1.165) is 0 Å². The van der Waals surface area contributed by atoms with Gasteiger partial charge in [-0.15, -0.1) is 11.3 Å². The summed E-state index contributed by atoms with van der Waals surface area (Å²) in [4.78, 5) is 16.6. The summed E-state index contributed by atoms with van der Waals surface area (Å²) in [5.41, 5.74) is 1.28. The Balaban J connectivity index is 1.76. The van der Waals surface area contributed by atoms with Crippen LogP contribution in [0.4, 0.5) is 18.3 Å². The molecule has 0 spiro atoms. The highest BCUT2D eigenvalue weighted by Crippen LogP contribution is 2.30. The molecule has 1 amide bonds. The van der Waals surface area contributed by atoms with E-state index in [2.05, 4.69) is 15.0 Å². The standard InChI is InChI=1S/C18H13F3N2O3S/c1-25-15-8-11(5-6-14(15)26-17(20)21)16(24)23-18-22-13(9-27-18)10-3-2-4-12(19)7-10/h2-9,17H,1H3,(H,22,23,24). The smallest absolute Gasteiger partial charge is 0.387 e. The molecule has 0 bridgehead atoms. The van der Waals surface area contributed by atoms with Crippen LogP contribution in [-0.2, 0) is 0 Å². The van der Waals surface area contributed by atoms with Crippen molar-refractivity contribution < 1.29 is 27.4 Å². The quantitative estimate of drug-likeness (QED) is 0.652. The van der Waals surface area contributed by atoms with Gasteiger partial charge in [0, 0.05) is 16.5 Å². The Labute approximate surface area is 156 Å². The molecule has 3 rings (SSSR count). The molecule has 0 aliphatic rings. The molecule has 0 radical (unpaired) electrons. The van der Waals surface area contributed by atoms with E-state index in [1.165, 1.54) is 48.8 Å². The number of amides is 1. The topological polar surface area (TPSA) is 60.5 Å². The van der Waals surface area contributed by atoms with Gasteiger partial charge in [0.05, 0.1) is 12.8 Å². The maximum absolute atomic E-state index is 13.3. The molecule has 1 aromatic heterocycles. The zero-order valence-electron chi connectivity index (χ0n) is 13.9. The minimum atomic E-state index is -3.00. The molecule has 1 N–H and O–H groups in total. The number of rotatable bonds is 6. The average Bonchev–Trinajstić information content (AvgIpc) is 3.10. The predicted octanol–water partition coefficient (Wildman–Crippen LogP) is 4.81. The van der Waals surface area contributed by atoms with Gasteiger partial charge >= 0.3 is 6.61 Å². The first kappa shape index (κ1) is 18.7. The summed E-state index contributed by atoms with van der Waals surface area (Å²) < 4.78 is 47.3. The summed E-state index contributed by atoms with van der Waals surface area (Å²) >= 11 is 1.17. The van der Waals surface area contributed by atoms with Crippen molar-refractivity contribution in [1.82, 2.24) is 4.98 Å². The van der Waals surface area contributed by atoms with Crippen molar-refractivity contribution in [2.75, 3.05) is 12.4 Å². The van der Waals surface area contributed by atoms with Crippen molar-refractivity contribution in [3.63, 3.8) is 0 Å². The van der Waals surface area contributed by atoms with Crippen molar-refractivity contribution >= 4 is 22.4 Å². The summed E-state index contributed by atoms with van der Waals surface area (Å²) in [7, 11) is 1.28. The molecule has 140 valence electrons. The second kappa shape index (κ2) is 8.09. The van der Waals surface area contributed by atoms with Crippen molar-refractivity contribution in [3.05, 3.63) is 59.2 Å². The molecule has 1 heterocycles. The number of thiazole rings is 1. The highest BCUT2D eigenvalue weighted by atomic mass is 32.1. The number of nitrogens with zero attached hydrogens (tertiary/aromatic N) is 1. The van der Waals surface area contributed by atoms with Gasteiger partial charge < -0.3 is 9.47 Å². The van der Waals surface area contributed by atoms with Gasteiger partial charge in [-0.05, 0) is 30.3 Å². The van der Waals surface area contributed by atoms with Crippen LogP contribution in [0.3, 0.4) is 0 Å². The van der Waals surface area contributed by atoms with Crippen LogP contribution in [0.25, 0.3) is 11.3 Å². The van der Waals surface area contributed by atoms with Gasteiger partial charge in [-0.3, -0.25) is 10.1 Å². The maximum Gasteiger partial charge on any atom is 0.387 e. The fraction of sp³-hybridized carbons (Fsp3) is 0.111. The van der Waals surface area contributed by atoms with Crippen molar-refractivity contribution in [2.45, 2.75) is 6.61 Å². The third-order valence-electron chi connectivity index (χ3n) is 3.49. The monoisotopic (exact) mass is 394 g/mol. The van der Waals surface area contributed by atoms with Crippen LogP contribution in [0.15, 0.2) is 47.8 Å². The number of carbonyl (C=O) groups excluding carboxylic acids is 1. The van der Waals surface area contributed by atoms with Gasteiger partial charge in [-0.2, -0.15) is 8.78 Å². The van der Waals surface area contributed by atoms with E-state index in [1.807, 2.05) is 0 Å². The number of hydrogen-bond acceptors (Lipinski definition) is 5. The fourth-order valence-electron chi connectivity index (χ4n) is 2.28. The van der Waals surface area contributed by atoms with Crippen LogP contribution in [0.1, 0.15) is 10.4 Å². The van der Waals surface area contributed by atoms with Gasteiger partial charge in [0.1, 0.15) is 5.82 Å². The van der Waals surface area contributed by atoms with Crippen LogP contribution in [0.5, 0.6) is 11.5 Å². The lowest BCUT2D eigenvalue weighted by Crippen LogP contribution is -2.12. The number of ether oxygens (including phenoxy) is 2. The third kappa shape index (κ3) is 4.56. The van der Waals surface area contributed by atoms with E-state index in [-0.39, 0.29) is 22.9 Å². The maximum atomic E-state index is 13.3. The number of methoxy groups -OCH3 is 1. The van der Waals surface area contributed by atoms with E-state index < -0.39 is 12.5 Å². The van der Waals surface area contributed by atoms with Crippen LogP contribution < -0.4 is 14.8 Å². The Hall–Kier alpha value is -3.07. The van der Waals surface area contributed by atoms with Crippen LogP contribution >= 0.6 is 11.3 Å². The minimum absolute atomic E-state index is 0.00235. The lowest BCUT2D eigenvalue weighted by Gasteiger charge is -2.11. The van der Waals surface area contributed by atoms with Gasteiger partial charge in [0.25, 0.3) is 5.91 Å². The molecule has 27 heavy (non-hydrogen) atoms. The zero-order valence-corrected chi connectivity index (χ0v) is 14.7. The fourth-order valence-corrected chi connectivity index (χ4v) is 3.00. The number of carbonyl (C=O) groups is 1. The highest BCUT2D eigenvalue weighted by molar-refractivity contribution is 7.14. The van der Waals surface area contributed by atoms with Gasteiger partial charge in [-0.25, -0.2) is 9.37 Å². The predicted molar refractivity (Wildman–Crippen MR) is 95.1 cm³/mol. The number of alkyl halides is 2. The average molecular weight is 394 g/mol. The molecule has 3 aromatic rings. The van der Waals surface area contributed by atoms with Gasteiger partial charge in [0.2, 0.25) is 0 Å². The SMILES string of the molecule is COc1cc(C(=O)Nc2nc(-c3cccc(F)c3)cs2)ccc1OC(F)F. The molecule has 5 nitrogen and oxygen atoms in total. The molecule has 0 aliphatic carbocycles. The summed E-state index contributed by atoms with van der Waals surface area (Å²) in [6, 6.07) is 9.78. The largest absolute Gasteiger partial charge is 0.493 e. The number of anilines is 1. The summed E-state index contributed by atoms with van der Waals surface area (Å²) in [6.07, 6.45) is 0. The molecule has 0 aliphatic heterocycles. The van der Waals surface area contributed by atoms with Crippen molar-refractivity contribution in [3.8, 4) is 22.8 Å². The molecule has 0 unspecified atom stereocenters. The van der Waals surface area contributed by atoms with Gasteiger partial charge in [0.15, 0.2) is 16.6 Å². The van der Waals surface area contributed by atoms with Crippen molar-refractivity contribution in [1.29, 1.82) is 0 Å². The first-order chi connectivity index (χ1) is 13.0. The number of hydrogen-bond donors (Lipinski definition) is 1. The normalized spacial score (nSPS) is 10.7. The second-order valence-corrected chi connectivity index (χ2v) is 6.10. The minimum Gasteiger partial charge on any atom is -0.493 e. The molecule has 0 saturated carbocycles. The van der Waals surface area contributed by atoms with E-state index in [9.17, 15) is 18.0 Å². The Morgan fingerprint density at radius 1 is 1.19 bits per heavy atom. The van der Waals surface area contributed by atoms with Crippen LogP contribution in [0.2, 0.25) is 0 Å². The van der Waals surface area contributed by atoms with Gasteiger partial charge in [-0.1, -0.05) is 12.1 Å². The van der Waals surface area contributed by atoms with Crippen LogP contribution in [0, 0.1) is 5.82 Å². The van der Waals surface area contributed by atoms with E-state index in [1.54, 1.807) is 17.5 Å². The second-order valence-electron chi connectivity index (χ2n) is 5.25. The number of halogens is 3. The zero-order chi connectivity index (χ0) is 19.4. The Morgan fingerprint density at radius 2 is 2.00 bits per heavy atom. The number of nitrogens with one attached hydrogen (secondary N) is 1. The Kier molecular flexibility index (Phi) is 5.60. The first-order valence-corrected chi connectivity index (χ1v) is 8.50. The highest BCUT2D eigenvalue weighted by Gasteiger charge is 2.15. The molecule has 0 atom stereocenters. The van der Waals surface area contributed by atoms with Crippen LogP contribution in [-0.4, -0.2) is 24.6 Å². The lowest BCUT2D eigenvalue weighted by molar-refractivity contribution is -0.0512. The molecular weight excluding hydrogens is 381 g/mol. The molecule has 0 saturated heterocycles. The summed E-state index contributed by atoms with van der Waals surface area (Å²) in [6.45, 7) is -3.00. The van der Waals surface area contributed by atoms with Crippen molar-refractivity contribution in [2.24, 2.45) is 0 Å². The molecule has 0 fully saturated rings. The number of aromatic nitrogens is 1. The molecule has 9 heteroatoms. The van der Waals surface area contributed by atoms with E-state index in [0.29, 0.717) is 16.4 Å². The summed E-state index contributed by atoms with van der Waals surface area (Å²) in [5, 5.41) is 4.60. The number of benzene rings is 2. The Morgan fingerprint density at radius 3 is 2.70 bits per heavy atom.